The summed E-state index contributed by atoms with van der Waals surface area (Å²) >= 11 is 1.57. The van der Waals surface area contributed by atoms with E-state index in [1.165, 1.54) is 0 Å². The molecule has 1 aromatic heterocycles. The molecule has 0 aliphatic rings. The Labute approximate surface area is 122 Å². The first kappa shape index (κ1) is 14.3. The van der Waals surface area contributed by atoms with Crippen LogP contribution in [-0.2, 0) is 17.6 Å². The summed E-state index contributed by atoms with van der Waals surface area (Å²) in [6.07, 6.45) is 1.31. The second-order valence-corrected chi connectivity index (χ2v) is 5.50. The van der Waals surface area contributed by atoms with E-state index in [0.717, 1.165) is 22.5 Å². The van der Waals surface area contributed by atoms with Gasteiger partial charge < -0.3 is 5.32 Å². The molecule has 20 heavy (non-hydrogen) atoms. The lowest BCUT2D eigenvalue weighted by Crippen LogP contribution is -2.23. The molecule has 1 N–H and O–H groups in total. The van der Waals surface area contributed by atoms with Crippen LogP contribution in [0.4, 0.5) is 5.69 Å². The van der Waals surface area contributed by atoms with Crippen LogP contribution >= 0.6 is 11.3 Å². The quantitative estimate of drug-likeness (QED) is 0.911. The second kappa shape index (κ2) is 6.88. The number of para-hydroxylation sites is 1. The Balaban J connectivity index is 2.08. The Morgan fingerprint density at radius 2 is 2.15 bits per heavy atom. The van der Waals surface area contributed by atoms with Gasteiger partial charge in [-0.15, -0.1) is 11.3 Å². The maximum absolute atomic E-state index is 12.2. The van der Waals surface area contributed by atoms with Gasteiger partial charge in [0.05, 0.1) is 6.07 Å². The van der Waals surface area contributed by atoms with E-state index in [2.05, 4.69) is 11.4 Å². The van der Waals surface area contributed by atoms with Crippen molar-refractivity contribution in [2.75, 3.05) is 5.32 Å². The van der Waals surface area contributed by atoms with Crippen LogP contribution in [0.5, 0.6) is 0 Å². The minimum absolute atomic E-state index is 0.234. The molecule has 4 heteroatoms. The molecule has 102 valence electrons. The van der Waals surface area contributed by atoms with Gasteiger partial charge in [-0.1, -0.05) is 31.2 Å². The maximum Gasteiger partial charge on any atom is 0.242 e. The molecule has 0 saturated heterocycles. The van der Waals surface area contributed by atoms with Gasteiger partial charge in [-0.3, -0.25) is 4.79 Å². The fourth-order valence-corrected chi connectivity index (χ4v) is 2.75. The highest BCUT2D eigenvalue weighted by atomic mass is 32.1. The third-order valence-corrected chi connectivity index (χ3v) is 4.01. The standard InChI is InChI=1S/C16H16N2OS/c1-2-12-6-3-4-8-15(12)18-16(19)13(11-17)10-14-7-5-9-20-14/h3-9,13H,2,10H2,1H3,(H,18,19)/t13-/m1/s1. The molecule has 1 aromatic carbocycles. The smallest absolute Gasteiger partial charge is 0.242 e. The number of nitriles is 1. The zero-order valence-electron chi connectivity index (χ0n) is 11.3. The van der Waals surface area contributed by atoms with E-state index < -0.39 is 5.92 Å². The first-order chi connectivity index (χ1) is 9.74. The molecule has 0 saturated carbocycles. The van der Waals surface area contributed by atoms with Gasteiger partial charge in [-0.25, -0.2) is 0 Å². The summed E-state index contributed by atoms with van der Waals surface area (Å²) in [7, 11) is 0. The molecule has 1 heterocycles. The fraction of sp³-hybridized carbons (Fsp3) is 0.250. The zero-order valence-corrected chi connectivity index (χ0v) is 12.1. The van der Waals surface area contributed by atoms with Crippen LogP contribution in [0.25, 0.3) is 0 Å². The number of thiophene rings is 1. The number of amides is 1. The summed E-state index contributed by atoms with van der Waals surface area (Å²) in [5.74, 6) is -0.889. The van der Waals surface area contributed by atoms with E-state index in [0.29, 0.717) is 6.42 Å². The van der Waals surface area contributed by atoms with Gasteiger partial charge in [0.15, 0.2) is 0 Å². The van der Waals surface area contributed by atoms with Gasteiger partial charge in [0.2, 0.25) is 5.91 Å². The van der Waals surface area contributed by atoms with Crippen LogP contribution in [0.1, 0.15) is 17.4 Å². The molecule has 1 atom stereocenters. The van der Waals surface area contributed by atoms with Gasteiger partial charge in [-0.2, -0.15) is 5.26 Å². The van der Waals surface area contributed by atoms with Gasteiger partial charge in [0, 0.05) is 17.0 Å². The zero-order chi connectivity index (χ0) is 14.4. The summed E-state index contributed by atoms with van der Waals surface area (Å²) in [4.78, 5) is 13.3. The van der Waals surface area contributed by atoms with Crippen molar-refractivity contribution in [1.82, 2.24) is 0 Å². The highest BCUT2D eigenvalue weighted by Crippen LogP contribution is 2.19. The van der Waals surface area contributed by atoms with Crippen molar-refractivity contribution < 1.29 is 4.79 Å². The van der Waals surface area contributed by atoms with Gasteiger partial charge >= 0.3 is 0 Å². The summed E-state index contributed by atoms with van der Waals surface area (Å²) in [6, 6.07) is 13.7. The highest BCUT2D eigenvalue weighted by Gasteiger charge is 2.19. The minimum Gasteiger partial charge on any atom is -0.325 e. The van der Waals surface area contributed by atoms with Gasteiger partial charge in [0.1, 0.15) is 5.92 Å². The van der Waals surface area contributed by atoms with Crippen molar-refractivity contribution in [2.24, 2.45) is 5.92 Å². The predicted octanol–water partition coefficient (Wildman–Crippen LogP) is 3.63. The molecule has 0 radical (unpaired) electrons. The maximum atomic E-state index is 12.2. The Morgan fingerprint density at radius 1 is 1.35 bits per heavy atom. The van der Waals surface area contributed by atoms with Crippen LogP contribution in [0, 0.1) is 17.2 Å². The summed E-state index contributed by atoms with van der Waals surface area (Å²) in [5, 5.41) is 14.0. The average molecular weight is 284 g/mol. The average Bonchev–Trinajstić information content (AvgIpc) is 2.98. The number of carbonyl (C=O) groups excluding carboxylic acids is 1. The van der Waals surface area contributed by atoms with E-state index in [1.54, 1.807) is 11.3 Å². The number of benzene rings is 1. The molecule has 0 aliphatic heterocycles. The number of nitrogens with zero attached hydrogens (tertiary/aromatic N) is 1. The van der Waals surface area contributed by atoms with Crippen LogP contribution in [0.2, 0.25) is 0 Å². The van der Waals surface area contributed by atoms with Crippen LogP contribution in [0.15, 0.2) is 41.8 Å². The van der Waals surface area contributed by atoms with Gasteiger partial charge in [0.25, 0.3) is 0 Å². The molecule has 0 spiro atoms. The largest absolute Gasteiger partial charge is 0.325 e. The molecule has 1 amide bonds. The first-order valence-corrected chi connectivity index (χ1v) is 7.43. The molecule has 2 aromatic rings. The number of rotatable bonds is 5. The second-order valence-electron chi connectivity index (χ2n) is 4.47. The third kappa shape index (κ3) is 3.46. The Hall–Kier alpha value is -2.12. The molecular formula is C16H16N2OS. The number of aryl methyl sites for hydroxylation is 1. The Kier molecular flexibility index (Phi) is 4.91. The van der Waals surface area contributed by atoms with Crippen molar-refractivity contribution >= 4 is 22.9 Å². The summed E-state index contributed by atoms with van der Waals surface area (Å²) in [6.45, 7) is 2.04. The van der Waals surface area contributed by atoms with Crippen LogP contribution in [-0.4, -0.2) is 5.91 Å². The summed E-state index contributed by atoms with van der Waals surface area (Å²) in [5.41, 5.74) is 1.88. The number of hydrogen-bond donors (Lipinski definition) is 1. The third-order valence-electron chi connectivity index (χ3n) is 3.11. The number of anilines is 1. The lowest BCUT2D eigenvalue weighted by atomic mass is 10.0. The van der Waals surface area contributed by atoms with Crippen LogP contribution in [0.3, 0.4) is 0 Å². The Bertz CT molecular complexity index is 614. The lowest BCUT2D eigenvalue weighted by Gasteiger charge is -2.12. The van der Waals surface area contributed by atoms with E-state index in [4.69, 9.17) is 0 Å². The molecular weight excluding hydrogens is 268 g/mol. The Morgan fingerprint density at radius 3 is 2.80 bits per heavy atom. The van der Waals surface area contributed by atoms with Crippen molar-refractivity contribution in [2.45, 2.75) is 19.8 Å². The van der Waals surface area contributed by atoms with E-state index in [1.807, 2.05) is 48.7 Å². The number of hydrogen-bond acceptors (Lipinski definition) is 3. The molecule has 0 fully saturated rings. The monoisotopic (exact) mass is 284 g/mol. The number of nitrogens with one attached hydrogen (secondary N) is 1. The van der Waals surface area contributed by atoms with E-state index in [9.17, 15) is 10.1 Å². The number of carbonyl (C=O) groups is 1. The highest BCUT2D eigenvalue weighted by molar-refractivity contribution is 7.09. The van der Waals surface area contributed by atoms with Crippen molar-refractivity contribution in [3.63, 3.8) is 0 Å². The van der Waals surface area contributed by atoms with Crippen LogP contribution < -0.4 is 5.32 Å². The van der Waals surface area contributed by atoms with Gasteiger partial charge in [-0.05, 0) is 29.5 Å². The van der Waals surface area contributed by atoms with E-state index in [-0.39, 0.29) is 5.91 Å². The topological polar surface area (TPSA) is 52.9 Å². The van der Waals surface area contributed by atoms with E-state index >= 15 is 0 Å². The fourth-order valence-electron chi connectivity index (χ4n) is 2.00. The molecule has 0 aliphatic carbocycles. The van der Waals surface area contributed by atoms with Crippen molar-refractivity contribution in [1.29, 1.82) is 5.26 Å². The first-order valence-electron chi connectivity index (χ1n) is 6.55. The summed E-state index contributed by atoms with van der Waals surface area (Å²) < 4.78 is 0. The minimum atomic E-state index is -0.654. The molecule has 2 rings (SSSR count). The lowest BCUT2D eigenvalue weighted by molar-refractivity contribution is -0.118. The molecule has 3 nitrogen and oxygen atoms in total. The molecule has 0 bridgehead atoms. The SMILES string of the molecule is CCc1ccccc1NC(=O)[C@@H](C#N)Cc1cccs1. The predicted molar refractivity (Wildman–Crippen MR) is 81.6 cm³/mol. The molecule has 0 unspecified atom stereocenters. The normalized spacial score (nSPS) is 11.6. The van der Waals surface area contributed by atoms with Crippen molar-refractivity contribution in [3.8, 4) is 6.07 Å². The van der Waals surface area contributed by atoms with Crippen molar-refractivity contribution in [3.05, 3.63) is 52.2 Å².